The molecule has 0 amide bonds. The summed E-state index contributed by atoms with van der Waals surface area (Å²) in [5.74, 6) is -0.643. The molecule has 8 heteroatoms. The number of aromatic nitrogens is 2. The number of nitrogens with zero attached hydrogens (tertiary/aromatic N) is 2. The van der Waals surface area contributed by atoms with Crippen LogP contribution in [0.1, 0.15) is 17.0 Å². The van der Waals surface area contributed by atoms with E-state index in [4.69, 9.17) is 5.73 Å². The van der Waals surface area contributed by atoms with E-state index in [1.165, 1.54) is 30.6 Å². The van der Waals surface area contributed by atoms with Crippen LogP contribution in [0.5, 0.6) is 0 Å². The molecule has 1 heterocycles. The lowest BCUT2D eigenvalue weighted by molar-refractivity contribution is 0.570. The van der Waals surface area contributed by atoms with Crippen molar-refractivity contribution in [1.29, 1.82) is 0 Å². The van der Waals surface area contributed by atoms with Gasteiger partial charge in [0.2, 0.25) is 10.0 Å². The molecule has 0 aliphatic carbocycles. The number of sulfonamides is 1. The van der Waals surface area contributed by atoms with Gasteiger partial charge in [-0.15, -0.1) is 0 Å². The zero-order valence-electron chi connectivity index (χ0n) is 11.4. The third-order valence-electron chi connectivity index (χ3n) is 2.85. The molecule has 2 aromatic rings. The molecule has 1 aromatic carbocycles. The van der Waals surface area contributed by atoms with E-state index >= 15 is 0 Å². The fraction of sp³-hybridized carbons (Fsp3) is 0.231. The van der Waals surface area contributed by atoms with Crippen LogP contribution in [0.3, 0.4) is 0 Å². The molecule has 0 aliphatic heterocycles. The molecule has 3 N–H and O–H groups in total. The van der Waals surface area contributed by atoms with E-state index < -0.39 is 15.8 Å². The Morgan fingerprint density at radius 2 is 2.05 bits per heavy atom. The summed E-state index contributed by atoms with van der Waals surface area (Å²) in [7, 11) is -3.87. The quantitative estimate of drug-likeness (QED) is 0.853. The average molecular weight is 310 g/mol. The summed E-state index contributed by atoms with van der Waals surface area (Å²) in [5, 5.41) is 0. The number of rotatable bonds is 5. The van der Waals surface area contributed by atoms with Gasteiger partial charge >= 0.3 is 0 Å². The third kappa shape index (κ3) is 3.60. The van der Waals surface area contributed by atoms with Gasteiger partial charge in [-0.2, -0.15) is 0 Å². The van der Waals surface area contributed by atoms with Gasteiger partial charge in [0.05, 0.1) is 29.0 Å². The molecule has 21 heavy (non-hydrogen) atoms. The highest BCUT2D eigenvalue weighted by atomic mass is 32.2. The lowest BCUT2D eigenvalue weighted by atomic mass is 10.2. The lowest BCUT2D eigenvalue weighted by Crippen LogP contribution is -2.25. The van der Waals surface area contributed by atoms with Crippen LogP contribution in [-0.4, -0.2) is 18.4 Å². The molecule has 112 valence electrons. The number of hydrogen-bond donors (Lipinski definition) is 2. The maximum absolute atomic E-state index is 13.6. The molecule has 0 unspecified atom stereocenters. The molecule has 6 nitrogen and oxygen atoms in total. The highest BCUT2D eigenvalue weighted by Crippen LogP contribution is 2.18. The van der Waals surface area contributed by atoms with Crippen LogP contribution in [0.2, 0.25) is 0 Å². The van der Waals surface area contributed by atoms with Gasteiger partial charge in [0.25, 0.3) is 0 Å². The minimum absolute atomic E-state index is 0.0316. The molecule has 1 aromatic heterocycles. The van der Waals surface area contributed by atoms with Gasteiger partial charge < -0.3 is 5.73 Å². The van der Waals surface area contributed by atoms with Crippen molar-refractivity contribution in [2.75, 3.05) is 0 Å². The summed E-state index contributed by atoms with van der Waals surface area (Å²) in [6.45, 7) is 1.55. The van der Waals surface area contributed by atoms with Crippen molar-refractivity contribution < 1.29 is 12.8 Å². The number of halogens is 1. The summed E-state index contributed by atoms with van der Waals surface area (Å²) in [6, 6.07) is 3.82. The number of hydrogen-bond acceptors (Lipinski definition) is 5. The maximum Gasteiger partial charge on any atom is 0.241 e. The number of nitrogens with two attached hydrogens (primary N) is 1. The van der Waals surface area contributed by atoms with Gasteiger partial charge in [0.1, 0.15) is 5.82 Å². The highest BCUT2D eigenvalue weighted by Gasteiger charge is 2.20. The molecule has 0 bridgehead atoms. The predicted molar refractivity (Wildman–Crippen MR) is 75.1 cm³/mol. The van der Waals surface area contributed by atoms with Crippen molar-refractivity contribution in [2.45, 2.75) is 24.9 Å². The average Bonchev–Trinajstić information content (AvgIpc) is 2.46. The molecule has 0 atom stereocenters. The van der Waals surface area contributed by atoms with E-state index in [1.807, 2.05) is 0 Å². The summed E-state index contributed by atoms with van der Waals surface area (Å²) in [4.78, 5) is 7.91. The van der Waals surface area contributed by atoms with Crippen LogP contribution in [0.4, 0.5) is 4.39 Å². The second-order valence-corrected chi connectivity index (χ2v) is 6.13. The first kappa shape index (κ1) is 15.5. The minimum atomic E-state index is -3.87. The summed E-state index contributed by atoms with van der Waals surface area (Å²) < 4.78 is 40.4. The first-order valence-corrected chi connectivity index (χ1v) is 7.67. The van der Waals surface area contributed by atoms with E-state index in [2.05, 4.69) is 14.7 Å². The molecular weight excluding hydrogens is 295 g/mol. The van der Waals surface area contributed by atoms with Gasteiger partial charge in [-0.1, -0.05) is 6.07 Å². The molecule has 0 fully saturated rings. The predicted octanol–water partition coefficient (Wildman–Crippen LogP) is 0.861. The van der Waals surface area contributed by atoms with Gasteiger partial charge in [0.15, 0.2) is 0 Å². The van der Waals surface area contributed by atoms with Crippen molar-refractivity contribution in [1.82, 2.24) is 14.7 Å². The fourth-order valence-corrected chi connectivity index (χ4v) is 3.00. The van der Waals surface area contributed by atoms with Crippen LogP contribution in [0, 0.1) is 12.7 Å². The van der Waals surface area contributed by atoms with Crippen LogP contribution in [0.25, 0.3) is 0 Å². The number of benzene rings is 1. The van der Waals surface area contributed by atoms with Gasteiger partial charge in [-0.3, -0.25) is 9.97 Å². The number of nitrogens with one attached hydrogen (secondary N) is 1. The van der Waals surface area contributed by atoms with E-state index in [0.717, 1.165) is 5.69 Å². The normalized spacial score (nSPS) is 11.6. The molecule has 0 saturated heterocycles. The topological polar surface area (TPSA) is 98.0 Å². The van der Waals surface area contributed by atoms with Crippen molar-refractivity contribution >= 4 is 10.0 Å². The summed E-state index contributed by atoms with van der Waals surface area (Å²) >= 11 is 0. The van der Waals surface area contributed by atoms with Gasteiger partial charge in [0, 0.05) is 18.3 Å². The molecular formula is C13H15FN4O2S. The fourth-order valence-electron chi connectivity index (χ4n) is 1.75. The Bertz CT molecular complexity index is 732. The van der Waals surface area contributed by atoms with Crippen molar-refractivity contribution in [3.05, 3.63) is 53.4 Å². The molecule has 2 rings (SSSR count). The van der Waals surface area contributed by atoms with Crippen LogP contribution < -0.4 is 10.5 Å². The second kappa shape index (κ2) is 6.25. The smallest absolute Gasteiger partial charge is 0.241 e. The van der Waals surface area contributed by atoms with Gasteiger partial charge in [-0.25, -0.2) is 17.5 Å². The van der Waals surface area contributed by atoms with Crippen LogP contribution >= 0.6 is 0 Å². The van der Waals surface area contributed by atoms with E-state index in [9.17, 15) is 12.8 Å². The zero-order valence-corrected chi connectivity index (χ0v) is 12.2. The van der Waals surface area contributed by atoms with Crippen LogP contribution in [-0.2, 0) is 23.1 Å². The Morgan fingerprint density at radius 1 is 1.29 bits per heavy atom. The summed E-state index contributed by atoms with van der Waals surface area (Å²) in [6.07, 6.45) is 3.02. The Labute approximate surface area is 122 Å². The number of aryl methyl sites for hydroxylation is 1. The SMILES string of the molecule is Cc1cnc(CNS(=O)(=O)c2cccc(F)c2CN)cn1. The van der Waals surface area contributed by atoms with E-state index in [-0.39, 0.29) is 23.5 Å². The molecule has 0 saturated carbocycles. The van der Waals surface area contributed by atoms with Crippen molar-refractivity contribution in [3.8, 4) is 0 Å². The van der Waals surface area contributed by atoms with Crippen LogP contribution in [0.15, 0.2) is 35.5 Å². The summed E-state index contributed by atoms with van der Waals surface area (Å²) in [5.41, 5.74) is 6.58. The first-order chi connectivity index (χ1) is 9.94. The molecule has 0 radical (unpaired) electrons. The van der Waals surface area contributed by atoms with E-state index in [0.29, 0.717) is 5.69 Å². The Hall–Kier alpha value is -1.90. The van der Waals surface area contributed by atoms with Crippen molar-refractivity contribution in [2.24, 2.45) is 5.73 Å². The Kier molecular flexibility index (Phi) is 4.61. The standard InChI is InChI=1S/C13H15FN4O2S/c1-9-6-17-10(7-16-9)8-18-21(19,20)13-4-2-3-12(14)11(13)5-15/h2-4,6-7,18H,5,8,15H2,1H3. The zero-order chi connectivity index (χ0) is 15.5. The lowest BCUT2D eigenvalue weighted by Gasteiger charge is -2.10. The Morgan fingerprint density at radius 3 is 2.67 bits per heavy atom. The first-order valence-electron chi connectivity index (χ1n) is 6.18. The van der Waals surface area contributed by atoms with Crippen molar-refractivity contribution in [3.63, 3.8) is 0 Å². The third-order valence-corrected chi connectivity index (χ3v) is 4.33. The second-order valence-electron chi connectivity index (χ2n) is 4.39. The monoisotopic (exact) mass is 310 g/mol. The van der Waals surface area contributed by atoms with Gasteiger partial charge in [-0.05, 0) is 19.1 Å². The molecule has 0 aliphatic rings. The largest absolute Gasteiger partial charge is 0.326 e. The molecule has 0 spiro atoms. The minimum Gasteiger partial charge on any atom is -0.326 e. The Balaban J connectivity index is 2.23. The maximum atomic E-state index is 13.6. The highest BCUT2D eigenvalue weighted by molar-refractivity contribution is 7.89. The van der Waals surface area contributed by atoms with E-state index in [1.54, 1.807) is 6.92 Å².